The summed E-state index contributed by atoms with van der Waals surface area (Å²) in [6.07, 6.45) is 1.14. The Kier molecular flexibility index (Phi) is 7.02. The van der Waals surface area contributed by atoms with E-state index in [1.807, 2.05) is 0 Å². The Morgan fingerprint density at radius 2 is 2.18 bits per heavy atom. The third-order valence-corrected chi connectivity index (χ3v) is 1.93. The van der Waals surface area contributed by atoms with Gasteiger partial charge in [-0.1, -0.05) is 6.92 Å². The lowest BCUT2D eigenvalue weighted by atomic mass is 10.2. The third kappa shape index (κ3) is 6.60. The lowest BCUT2D eigenvalue weighted by Gasteiger charge is -2.14. The molecular formula is C8H18ClNO. The van der Waals surface area contributed by atoms with Gasteiger partial charge in [0.25, 0.3) is 0 Å². The average Bonchev–Trinajstić information content (AvgIpc) is 2.01. The molecule has 2 unspecified atom stereocenters. The van der Waals surface area contributed by atoms with Crippen LogP contribution >= 0.6 is 11.6 Å². The second-order valence-electron chi connectivity index (χ2n) is 2.77. The van der Waals surface area contributed by atoms with Crippen molar-refractivity contribution in [3.63, 3.8) is 0 Å². The quantitative estimate of drug-likeness (QED) is 0.626. The van der Waals surface area contributed by atoms with Crippen LogP contribution < -0.4 is 5.32 Å². The number of rotatable bonds is 6. The van der Waals surface area contributed by atoms with Crippen LogP contribution in [0.5, 0.6) is 0 Å². The molecule has 0 aliphatic carbocycles. The Morgan fingerprint density at radius 3 is 2.64 bits per heavy atom. The molecule has 0 amide bonds. The summed E-state index contributed by atoms with van der Waals surface area (Å²) in [7, 11) is 1.67. The first-order chi connectivity index (χ1) is 5.20. The molecular weight excluding hydrogens is 162 g/mol. The average molecular weight is 180 g/mol. The second-order valence-corrected chi connectivity index (χ2v) is 3.39. The number of halogens is 1. The molecule has 0 rings (SSSR count). The van der Waals surface area contributed by atoms with E-state index in [4.69, 9.17) is 16.3 Å². The molecule has 0 saturated heterocycles. The molecule has 0 aromatic carbocycles. The highest BCUT2D eigenvalue weighted by Gasteiger charge is 2.04. The maximum Gasteiger partial charge on any atom is 0.0694 e. The summed E-state index contributed by atoms with van der Waals surface area (Å²) in [5.41, 5.74) is 0. The standard InChI is InChI=1S/C8H18ClNO/c1-4-7(2)10-5-8(9)6-11-3/h7-8,10H,4-6H2,1-3H3. The molecule has 2 atom stereocenters. The van der Waals surface area contributed by atoms with Crippen LogP contribution in [0.15, 0.2) is 0 Å². The lowest BCUT2D eigenvalue weighted by molar-refractivity contribution is 0.196. The fourth-order valence-electron chi connectivity index (χ4n) is 0.713. The van der Waals surface area contributed by atoms with E-state index in [1.165, 1.54) is 0 Å². The maximum atomic E-state index is 5.89. The van der Waals surface area contributed by atoms with Crippen molar-refractivity contribution in [2.75, 3.05) is 20.3 Å². The number of ether oxygens (including phenoxy) is 1. The Hall–Kier alpha value is 0.210. The molecule has 0 aromatic rings. The Balaban J connectivity index is 3.22. The molecule has 0 saturated carbocycles. The van der Waals surface area contributed by atoms with E-state index in [0.29, 0.717) is 12.6 Å². The van der Waals surface area contributed by atoms with Crippen molar-refractivity contribution in [2.24, 2.45) is 0 Å². The summed E-state index contributed by atoms with van der Waals surface area (Å²) in [6, 6.07) is 0.549. The maximum absolute atomic E-state index is 5.89. The molecule has 0 aliphatic rings. The van der Waals surface area contributed by atoms with Crippen molar-refractivity contribution in [1.29, 1.82) is 0 Å². The molecule has 0 aromatic heterocycles. The fraction of sp³-hybridized carbons (Fsp3) is 1.00. The van der Waals surface area contributed by atoms with E-state index >= 15 is 0 Å². The summed E-state index contributed by atoms with van der Waals surface area (Å²) in [5, 5.41) is 3.40. The summed E-state index contributed by atoms with van der Waals surface area (Å²) in [5.74, 6) is 0. The summed E-state index contributed by atoms with van der Waals surface area (Å²) in [4.78, 5) is 0. The van der Waals surface area contributed by atoms with Crippen molar-refractivity contribution in [2.45, 2.75) is 31.7 Å². The van der Waals surface area contributed by atoms with E-state index in [9.17, 15) is 0 Å². The van der Waals surface area contributed by atoms with Gasteiger partial charge in [0.15, 0.2) is 0 Å². The molecule has 0 radical (unpaired) electrons. The zero-order valence-electron chi connectivity index (χ0n) is 7.56. The van der Waals surface area contributed by atoms with Gasteiger partial charge < -0.3 is 10.1 Å². The molecule has 0 spiro atoms. The first-order valence-electron chi connectivity index (χ1n) is 4.07. The predicted octanol–water partition coefficient (Wildman–Crippen LogP) is 1.63. The zero-order chi connectivity index (χ0) is 8.69. The summed E-state index contributed by atoms with van der Waals surface area (Å²) in [6.45, 7) is 5.74. The largest absolute Gasteiger partial charge is 0.383 e. The second kappa shape index (κ2) is 6.89. The van der Waals surface area contributed by atoms with Gasteiger partial charge in [-0.15, -0.1) is 11.6 Å². The smallest absolute Gasteiger partial charge is 0.0694 e. The van der Waals surface area contributed by atoms with Crippen LogP contribution in [0.25, 0.3) is 0 Å². The van der Waals surface area contributed by atoms with Gasteiger partial charge in [0.2, 0.25) is 0 Å². The predicted molar refractivity (Wildman–Crippen MR) is 49.3 cm³/mol. The van der Waals surface area contributed by atoms with E-state index in [0.717, 1.165) is 13.0 Å². The number of nitrogens with one attached hydrogen (secondary N) is 1. The lowest BCUT2D eigenvalue weighted by Crippen LogP contribution is -2.32. The van der Waals surface area contributed by atoms with Crippen molar-refractivity contribution >= 4 is 11.6 Å². The number of hydrogen-bond donors (Lipinski definition) is 1. The highest BCUT2D eigenvalue weighted by atomic mass is 35.5. The SMILES string of the molecule is CCC(C)NCC(Cl)COC. The van der Waals surface area contributed by atoms with Crippen molar-refractivity contribution in [3.05, 3.63) is 0 Å². The van der Waals surface area contributed by atoms with Gasteiger partial charge in [0.1, 0.15) is 0 Å². The van der Waals surface area contributed by atoms with Crippen LogP contribution in [-0.4, -0.2) is 31.7 Å². The summed E-state index contributed by atoms with van der Waals surface area (Å²) >= 11 is 5.89. The third-order valence-electron chi connectivity index (χ3n) is 1.65. The van der Waals surface area contributed by atoms with Crippen LogP contribution in [0, 0.1) is 0 Å². The molecule has 0 bridgehead atoms. The minimum absolute atomic E-state index is 0.0917. The van der Waals surface area contributed by atoms with E-state index in [1.54, 1.807) is 7.11 Å². The van der Waals surface area contributed by atoms with Gasteiger partial charge in [-0.2, -0.15) is 0 Å². The minimum atomic E-state index is 0.0917. The minimum Gasteiger partial charge on any atom is -0.383 e. The van der Waals surface area contributed by atoms with Crippen molar-refractivity contribution < 1.29 is 4.74 Å². The van der Waals surface area contributed by atoms with Crippen LogP contribution in [0.3, 0.4) is 0 Å². The number of methoxy groups -OCH3 is 1. The molecule has 3 heteroatoms. The van der Waals surface area contributed by atoms with Gasteiger partial charge in [-0.05, 0) is 13.3 Å². The topological polar surface area (TPSA) is 21.3 Å². The molecule has 68 valence electrons. The van der Waals surface area contributed by atoms with Crippen molar-refractivity contribution in [3.8, 4) is 0 Å². The highest BCUT2D eigenvalue weighted by Crippen LogP contribution is 1.95. The normalized spacial score (nSPS) is 16.4. The molecule has 0 fully saturated rings. The molecule has 0 aliphatic heterocycles. The monoisotopic (exact) mass is 179 g/mol. The highest BCUT2D eigenvalue weighted by molar-refractivity contribution is 6.20. The first kappa shape index (κ1) is 11.2. The van der Waals surface area contributed by atoms with Crippen LogP contribution in [0.1, 0.15) is 20.3 Å². The molecule has 2 nitrogen and oxygen atoms in total. The van der Waals surface area contributed by atoms with Gasteiger partial charge in [0, 0.05) is 19.7 Å². The van der Waals surface area contributed by atoms with Gasteiger partial charge >= 0.3 is 0 Å². The number of alkyl halides is 1. The van der Waals surface area contributed by atoms with Gasteiger partial charge in [-0.3, -0.25) is 0 Å². The van der Waals surface area contributed by atoms with Gasteiger partial charge in [-0.25, -0.2) is 0 Å². The zero-order valence-corrected chi connectivity index (χ0v) is 8.32. The van der Waals surface area contributed by atoms with Crippen LogP contribution in [-0.2, 0) is 4.74 Å². The number of hydrogen-bond acceptors (Lipinski definition) is 2. The van der Waals surface area contributed by atoms with Gasteiger partial charge in [0.05, 0.1) is 12.0 Å². The fourth-order valence-corrected chi connectivity index (χ4v) is 0.928. The van der Waals surface area contributed by atoms with E-state index in [2.05, 4.69) is 19.2 Å². The Bertz CT molecular complexity index is 90.2. The van der Waals surface area contributed by atoms with E-state index < -0.39 is 0 Å². The Morgan fingerprint density at radius 1 is 1.55 bits per heavy atom. The molecule has 11 heavy (non-hydrogen) atoms. The van der Waals surface area contributed by atoms with Crippen LogP contribution in [0.4, 0.5) is 0 Å². The van der Waals surface area contributed by atoms with E-state index in [-0.39, 0.29) is 5.38 Å². The van der Waals surface area contributed by atoms with Crippen molar-refractivity contribution in [1.82, 2.24) is 5.32 Å². The summed E-state index contributed by atoms with van der Waals surface area (Å²) < 4.78 is 4.90. The molecule has 1 N–H and O–H groups in total. The Labute approximate surface area is 74.3 Å². The molecule has 0 heterocycles. The van der Waals surface area contributed by atoms with Crippen LogP contribution in [0.2, 0.25) is 0 Å². The first-order valence-corrected chi connectivity index (χ1v) is 4.50.